The molecule has 0 fully saturated rings. The van der Waals surface area contributed by atoms with Crippen LogP contribution in [-0.4, -0.2) is 9.97 Å². The Kier molecular flexibility index (Phi) is 3.02. The van der Waals surface area contributed by atoms with E-state index in [-0.39, 0.29) is 0 Å². The number of aryl methyl sites for hydroxylation is 1. The molecule has 3 aromatic rings. The molecule has 4 heteroatoms. The Hall–Kier alpha value is -2.93. The number of fused-ring (bicyclic) bond motifs is 1. The number of nitriles is 1. The summed E-state index contributed by atoms with van der Waals surface area (Å²) in [6.07, 6.45) is 1.65. The third-order valence-electron chi connectivity index (χ3n) is 2.85. The van der Waals surface area contributed by atoms with Crippen LogP contribution in [0.2, 0.25) is 0 Å². The van der Waals surface area contributed by atoms with Crippen LogP contribution >= 0.6 is 0 Å². The fourth-order valence-electron chi connectivity index (χ4n) is 1.98. The third kappa shape index (κ3) is 2.43. The molecule has 96 valence electrons. The first kappa shape index (κ1) is 12.1. The lowest BCUT2D eigenvalue weighted by Gasteiger charge is -2.06. The smallest absolute Gasteiger partial charge is 0.220 e. The Bertz CT molecular complexity index is 821. The molecule has 20 heavy (non-hydrogen) atoms. The molecule has 0 radical (unpaired) electrons. The fraction of sp³-hybridized carbons (Fsp3) is 0.0625. The number of pyridine rings is 2. The van der Waals surface area contributed by atoms with Crippen molar-refractivity contribution in [1.29, 1.82) is 5.26 Å². The molecule has 0 N–H and O–H groups in total. The van der Waals surface area contributed by atoms with Crippen molar-refractivity contribution in [2.75, 3.05) is 0 Å². The predicted octanol–water partition coefficient (Wildman–Crippen LogP) is 3.60. The van der Waals surface area contributed by atoms with Gasteiger partial charge in [0.25, 0.3) is 0 Å². The van der Waals surface area contributed by atoms with Crippen LogP contribution in [0.25, 0.3) is 10.9 Å². The molecule has 2 heterocycles. The number of nitrogens with zero attached hydrogens (tertiary/aromatic N) is 3. The summed E-state index contributed by atoms with van der Waals surface area (Å²) in [5.74, 6) is 1.00. The molecule has 0 aliphatic heterocycles. The zero-order valence-electron chi connectivity index (χ0n) is 10.9. The van der Waals surface area contributed by atoms with Gasteiger partial charge in [-0.05, 0) is 25.1 Å². The molecule has 0 saturated carbocycles. The van der Waals surface area contributed by atoms with Crippen molar-refractivity contribution in [3.05, 3.63) is 59.9 Å². The molecule has 4 nitrogen and oxygen atoms in total. The molecule has 0 aliphatic carbocycles. The zero-order valence-corrected chi connectivity index (χ0v) is 10.9. The number of benzene rings is 1. The fourth-order valence-corrected chi connectivity index (χ4v) is 1.98. The average Bonchev–Trinajstić information content (AvgIpc) is 2.46. The largest absolute Gasteiger partial charge is 0.437 e. The van der Waals surface area contributed by atoms with Crippen molar-refractivity contribution in [2.24, 2.45) is 0 Å². The Morgan fingerprint density at radius 2 is 2.00 bits per heavy atom. The first-order valence-corrected chi connectivity index (χ1v) is 6.16. The molecule has 0 unspecified atom stereocenters. The summed E-state index contributed by atoms with van der Waals surface area (Å²) >= 11 is 0. The highest BCUT2D eigenvalue weighted by Crippen LogP contribution is 2.23. The van der Waals surface area contributed by atoms with Gasteiger partial charge in [0.1, 0.15) is 5.75 Å². The summed E-state index contributed by atoms with van der Waals surface area (Å²) in [7, 11) is 0. The Morgan fingerprint density at radius 1 is 1.15 bits per heavy atom. The highest BCUT2D eigenvalue weighted by molar-refractivity contribution is 5.79. The second-order valence-electron chi connectivity index (χ2n) is 4.41. The summed E-state index contributed by atoms with van der Waals surface area (Å²) in [5.41, 5.74) is 2.18. The number of hydrogen-bond acceptors (Lipinski definition) is 4. The molecule has 1 aromatic carbocycles. The van der Waals surface area contributed by atoms with Crippen LogP contribution < -0.4 is 4.74 Å². The molecule has 0 amide bonds. The maximum atomic E-state index is 8.95. The summed E-state index contributed by atoms with van der Waals surface area (Å²) in [6, 6.07) is 15.1. The Morgan fingerprint density at radius 3 is 2.85 bits per heavy atom. The van der Waals surface area contributed by atoms with Gasteiger partial charge in [-0.25, -0.2) is 4.98 Å². The van der Waals surface area contributed by atoms with E-state index < -0.39 is 0 Å². The summed E-state index contributed by atoms with van der Waals surface area (Å²) in [4.78, 5) is 8.58. The van der Waals surface area contributed by atoms with E-state index in [9.17, 15) is 0 Å². The van der Waals surface area contributed by atoms with E-state index in [0.717, 1.165) is 16.6 Å². The number of rotatable bonds is 2. The highest BCUT2D eigenvalue weighted by atomic mass is 16.5. The molecule has 0 bridgehead atoms. The van der Waals surface area contributed by atoms with Crippen LogP contribution in [0.3, 0.4) is 0 Å². The van der Waals surface area contributed by atoms with Crippen molar-refractivity contribution in [3.63, 3.8) is 0 Å². The lowest BCUT2D eigenvalue weighted by Crippen LogP contribution is -1.92. The predicted molar refractivity (Wildman–Crippen MR) is 75.5 cm³/mol. The van der Waals surface area contributed by atoms with Crippen molar-refractivity contribution in [1.82, 2.24) is 9.97 Å². The van der Waals surface area contributed by atoms with Gasteiger partial charge in [-0.15, -0.1) is 0 Å². The SMILES string of the molecule is Cc1cc(C#N)cc(Oc2cnc3ccccc3c2)n1. The van der Waals surface area contributed by atoms with Crippen LogP contribution in [0.1, 0.15) is 11.3 Å². The van der Waals surface area contributed by atoms with E-state index in [4.69, 9.17) is 10.00 Å². The van der Waals surface area contributed by atoms with Gasteiger partial charge in [-0.3, -0.25) is 4.98 Å². The Labute approximate surface area is 116 Å². The van der Waals surface area contributed by atoms with Gasteiger partial charge in [0, 0.05) is 17.1 Å². The number of para-hydroxylation sites is 1. The van der Waals surface area contributed by atoms with Crippen LogP contribution in [0.15, 0.2) is 48.7 Å². The average molecular weight is 261 g/mol. The third-order valence-corrected chi connectivity index (χ3v) is 2.85. The molecular weight excluding hydrogens is 250 g/mol. The molecule has 0 spiro atoms. The minimum Gasteiger partial charge on any atom is -0.437 e. The minimum atomic E-state index is 0.402. The zero-order chi connectivity index (χ0) is 13.9. The lowest BCUT2D eigenvalue weighted by molar-refractivity contribution is 0.460. The van der Waals surface area contributed by atoms with Gasteiger partial charge in [0.05, 0.1) is 23.3 Å². The van der Waals surface area contributed by atoms with Crippen LogP contribution in [-0.2, 0) is 0 Å². The number of ether oxygens (including phenoxy) is 1. The van der Waals surface area contributed by atoms with Gasteiger partial charge in [0.15, 0.2) is 0 Å². The number of aromatic nitrogens is 2. The van der Waals surface area contributed by atoms with E-state index in [1.807, 2.05) is 37.3 Å². The normalized spacial score (nSPS) is 10.2. The van der Waals surface area contributed by atoms with E-state index in [1.165, 1.54) is 0 Å². The standard InChI is InChI=1S/C16H11N3O/c1-11-6-12(9-17)7-16(19-11)20-14-8-13-4-2-3-5-15(13)18-10-14/h2-8,10H,1H3. The lowest BCUT2D eigenvalue weighted by atomic mass is 10.2. The summed E-state index contributed by atoms with van der Waals surface area (Å²) < 4.78 is 5.69. The van der Waals surface area contributed by atoms with Crippen molar-refractivity contribution in [3.8, 4) is 17.7 Å². The molecule has 2 aromatic heterocycles. The molecule has 0 atom stereocenters. The van der Waals surface area contributed by atoms with Crippen LogP contribution in [0, 0.1) is 18.3 Å². The number of hydrogen-bond donors (Lipinski definition) is 0. The molecular formula is C16H11N3O. The van der Waals surface area contributed by atoms with Gasteiger partial charge in [0.2, 0.25) is 5.88 Å². The summed E-state index contributed by atoms with van der Waals surface area (Å²) in [5, 5.41) is 9.95. The van der Waals surface area contributed by atoms with Gasteiger partial charge in [-0.2, -0.15) is 5.26 Å². The highest BCUT2D eigenvalue weighted by Gasteiger charge is 2.04. The maximum absolute atomic E-state index is 8.95. The minimum absolute atomic E-state index is 0.402. The van der Waals surface area contributed by atoms with Crippen LogP contribution in [0.4, 0.5) is 0 Å². The topological polar surface area (TPSA) is 58.8 Å². The molecule has 0 aliphatic rings. The van der Waals surface area contributed by atoms with E-state index in [1.54, 1.807) is 18.3 Å². The van der Waals surface area contributed by atoms with Gasteiger partial charge >= 0.3 is 0 Å². The monoisotopic (exact) mass is 261 g/mol. The van der Waals surface area contributed by atoms with E-state index in [2.05, 4.69) is 16.0 Å². The van der Waals surface area contributed by atoms with E-state index in [0.29, 0.717) is 17.2 Å². The second-order valence-corrected chi connectivity index (χ2v) is 4.41. The Balaban J connectivity index is 1.97. The quantitative estimate of drug-likeness (QED) is 0.707. The second kappa shape index (κ2) is 4.98. The van der Waals surface area contributed by atoms with E-state index >= 15 is 0 Å². The van der Waals surface area contributed by atoms with Gasteiger partial charge < -0.3 is 4.74 Å². The molecule has 3 rings (SSSR count). The maximum Gasteiger partial charge on any atom is 0.220 e. The summed E-state index contributed by atoms with van der Waals surface area (Å²) in [6.45, 7) is 1.83. The first-order valence-electron chi connectivity index (χ1n) is 6.16. The first-order chi connectivity index (χ1) is 9.74. The van der Waals surface area contributed by atoms with Crippen molar-refractivity contribution in [2.45, 2.75) is 6.92 Å². The molecule has 0 saturated heterocycles. The van der Waals surface area contributed by atoms with Crippen molar-refractivity contribution >= 4 is 10.9 Å². The van der Waals surface area contributed by atoms with Gasteiger partial charge in [-0.1, -0.05) is 18.2 Å². The van der Waals surface area contributed by atoms with Crippen molar-refractivity contribution < 1.29 is 4.74 Å². The van der Waals surface area contributed by atoms with Crippen LogP contribution in [0.5, 0.6) is 11.6 Å².